The van der Waals surface area contributed by atoms with E-state index in [1.807, 2.05) is 64.1 Å². The van der Waals surface area contributed by atoms with Gasteiger partial charge in [-0.2, -0.15) is 0 Å². The minimum Gasteiger partial charge on any atom is -0.319 e. The lowest BCUT2D eigenvalue weighted by atomic mass is 10.1. The Hall–Kier alpha value is -3.80. The number of nitrogens with one attached hydrogen (secondary N) is 1. The summed E-state index contributed by atoms with van der Waals surface area (Å²) in [5, 5.41) is 7.38. The summed E-state index contributed by atoms with van der Waals surface area (Å²) < 4.78 is 15.1. The van der Waals surface area contributed by atoms with Crippen molar-refractivity contribution in [1.82, 2.24) is 14.8 Å². The van der Waals surface area contributed by atoms with E-state index in [1.165, 1.54) is 12.1 Å². The van der Waals surface area contributed by atoms with E-state index in [2.05, 4.69) is 15.4 Å². The highest BCUT2D eigenvalue weighted by Crippen LogP contribution is 2.24. The Morgan fingerprint density at radius 2 is 1.61 bits per heavy atom. The molecule has 0 unspecified atom stereocenters. The van der Waals surface area contributed by atoms with E-state index in [0.29, 0.717) is 17.1 Å². The molecule has 0 saturated heterocycles. The molecule has 0 aliphatic heterocycles. The Balaban J connectivity index is 1.77. The summed E-state index contributed by atoms with van der Waals surface area (Å²) in [6, 6.07) is 17.7. The topological polar surface area (TPSA) is 59.8 Å². The molecule has 156 valence electrons. The second kappa shape index (κ2) is 8.14. The number of hydrogen-bond donors (Lipinski definition) is 1. The summed E-state index contributed by atoms with van der Waals surface area (Å²) in [4.78, 5) is 17.4. The van der Waals surface area contributed by atoms with E-state index in [9.17, 15) is 9.18 Å². The average Bonchev–Trinajstić information content (AvgIpc) is 3.18. The SMILES string of the molecule is Cc1ccc(NC(=O)c2nc(-c3ccc(F)cc3)n(-c3ccc(C)c(C)c3)n2)c(C)c1. The van der Waals surface area contributed by atoms with Crippen LogP contribution in [0.2, 0.25) is 0 Å². The summed E-state index contributed by atoms with van der Waals surface area (Å²) in [6.45, 7) is 7.99. The van der Waals surface area contributed by atoms with Crippen LogP contribution in [0.5, 0.6) is 0 Å². The molecule has 1 aromatic heterocycles. The van der Waals surface area contributed by atoms with Crippen molar-refractivity contribution in [1.29, 1.82) is 0 Å². The van der Waals surface area contributed by atoms with Crippen molar-refractivity contribution in [3.63, 3.8) is 0 Å². The maximum absolute atomic E-state index is 13.5. The monoisotopic (exact) mass is 414 g/mol. The molecular formula is C25H23FN4O. The molecule has 1 amide bonds. The van der Waals surface area contributed by atoms with Crippen molar-refractivity contribution in [2.24, 2.45) is 0 Å². The van der Waals surface area contributed by atoms with E-state index in [-0.39, 0.29) is 11.6 Å². The van der Waals surface area contributed by atoms with E-state index < -0.39 is 5.91 Å². The molecule has 4 rings (SSSR count). The first-order valence-corrected chi connectivity index (χ1v) is 10.0. The van der Waals surface area contributed by atoms with Gasteiger partial charge in [0.05, 0.1) is 5.69 Å². The van der Waals surface area contributed by atoms with Gasteiger partial charge in [-0.3, -0.25) is 4.79 Å². The van der Waals surface area contributed by atoms with Gasteiger partial charge in [0.1, 0.15) is 5.82 Å². The molecule has 0 radical (unpaired) electrons. The number of halogens is 1. The fourth-order valence-electron chi connectivity index (χ4n) is 3.36. The third-order valence-corrected chi connectivity index (χ3v) is 5.28. The number of aromatic nitrogens is 3. The first kappa shape index (κ1) is 20.5. The molecule has 1 N–H and O–H groups in total. The zero-order chi connectivity index (χ0) is 22.1. The highest BCUT2D eigenvalue weighted by molar-refractivity contribution is 6.02. The minimum absolute atomic E-state index is 0.0394. The molecule has 0 spiro atoms. The Kier molecular flexibility index (Phi) is 5.38. The predicted molar refractivity (Wildman–Crippen MR) is 120 cm³/mol. The largest absolute Gasteiger partial charge is 0.319 e. The number of anilines is 1. The second-order valence-electron chi connectivity index (χ2n) is 7.72. The zero-order valence-electron chi connectivity index (χ0n) is 17.9. The molecule has 31 heavy (non-hydrogen) atoms. The van der Waals surface area contributed by atoms with Gasteiger partial charge >= 0.3 is 0 Å². The number of carbonyl (C=O) groups is 1. The van der Waals surface area contributed by atoms with Crippen molar-refractivity contribution >= 4 is 11.6 Å². The van der Waals surface area contributed by atoms with E-state index >= 15 is 0 Å². The number of hydrogen-bond acceptors (Lipinski definition) is 3. The van der Waals surface area contributed by atoms with Gasteiger partial charge < -0.3 is 5.32 Å². The maximum atomic E-state index is 13.5. The lowest BCUT2D eigenvalue weighted by Gasteiger charge is -2.08. The van der Waals surface area contributed by atoms with Gasteiger partial charge in [-0.15, -0.1) is 5.10 Å². The summed E-state index contributed by atoms with van der Waals surface area (Å²) >= 11 is 0. The molecule has 1 heterocycles. The van der Waals surface area contributed by atoms with Crippen LogP contribution in [0.4, 0.5) is 10.1 Å². The van der Waals surface area contributed by atoms with Crippen LogP contribution in [-0.2, 0) is 0 Å². The fourth-order valence-corrected chi connectivity index (χ4v) is 3.36. The van der Waals surface area contributed by atoms with Crippen LogP contribution in [0.1, 0.15) is 32.9 Å². The molecule has 5 nitrogen and oxygen atoms in total. The van der Waals surface area contributed by atoms with Crippen LogP contribution in [0.3, 0.4) is 0 Å². The summed E-state index contributed by atoms with van der Waals surface area (Å²) in [7, 11) is 0. The smallest absolute Gasteiger partial charge is 0.295 e. The summed E-state index contributed by atoms with van der Waals surface area (Å²) in [5.41, 5.74) is 6.48. The standard InChI is InChI=1S/C25H23FN4O/c1-15-5-12-22(18(4)13-15)27-25(31)23-28-24(19-7-9-20(26)10-8-19)30(29-23)21-11-6-16(2)17(3)14-21/h5-14H,1-4H3,(H,27,31). The van der Waals surface area contributed by atoms with Crippen LogP contribution < -0.4 is 5.32 Å². The van der Waals surface area contributed by atoms with Gasteiger partial charge in [-0.25, -0.2) is 14.1 Å². The lowest BCUT2D eigenvalue weighted by Crippen LogP contribution is -2.15. The number of nitrogens with zero attached hydrogens (tertiary/aromatic N) is 3. The van der Waals surface area contributed by atoms with Gasteiger partial charge in [-0.05, 0) is 86.8 Å². The molecule has 0 fully saturated rings. The Morgan fingerprint density at radius 1 is 0.871 bits per heavy atom. The number of rotatable bonds is 4. The van der Waals surface area contributed by atoms with Crippen LogP contribution in [-0.4, -0.2) is 20.7 Å². The normalized spacial score (nSPS) is 10.9. The second-order valence-corrected chi connectivity index (χ2v) is 7.72. The number of carbonyl (C=O) groups excluding carboxylic acids is 1. The number of amides is 1. The van der Waals surface area contributed by atoms with Crippen molar-refractivity contribution in [3.05, 3.63) is 94.6 Å². The predicted octanol–water partition coefficient (Wildman–Crippen LogP) is 5.56. The van der Waals surface area contributed by atoms with Crippen LogP contribution in [0.25, 0.3) is 17.1 Å². The molecular weight excluding hydrogens is 391 g/mol. The summed E-state index contributed by atoms with van der Waals surface area (Å²) in [5.74, 6) is -0.238. The van der Waals surface area contributed by atoms with E-state index in [4.69, 9.17) is 0 Å². The van der Waals surface area contributed by atoms with Gasteiger partial charge in [-0.1, -0.05) is 23.8 Å². The highest BCUT2D eigenvalue weighted by atomic mass is 19.1. The van der Waals surface area contributed by atoms with Crippen LogP contribution in [0.15, 0.2) is 60.7 Å². The zero-order valence-corrected chi connectivity index (χ0v) is 17.9. The van der Waals surface area contributed by atoms with Crippen molar-refractivity contribution in [3.8, 4) is 17.1 Å². The molecule has 0 atom stereocenters. The highest BCUT2D eigenvalue weighted by Gasteiger charge is 2.20. The molecule has 6 heteroatoms. The number of benzene rings is 3. The third kappa shape index (κ3) is 4.23. The molecule has 0 bridgehead atoms. The Bertz CT molecular complexity index is 1280. The molecule has 0 aliphatic rings. The quantitative estimate of drug-likeness (QED) is 0.476. The van der Waals surface area contributed by atoms with E-state index in [0.717, 1.165) is 27.9 Å². The third-order valence-electron chi connectivity index (χ3n) is 5.28. The average molecular weight is 414 g/mol. The van der Waals surface area contributed by atoms with Gasteiger partial charge in [0.2, 0.25) is 5.82 Å². The van der Waals surface area contributed by atoms with Crippen molar-refractivity contribution < 1.29 is 9.18 Å². The van der Waals surface area contributed by atoms with Crippen LogP contribution in [0, 0.1) is 33.5 Å². The lowest BCUT2D eigenvalue weighted by molar-refractivity contribution is 0.101. The van der Waals surface area contributed by atoms with Gasteiger partial charge in [0, 0.05) is 11.3 Å². The molecule has 0 aliphatic carbocycles. The van der Waals surface area contributed by atoms with Gasteiger partial charge in [0.15, 0.2) is 5.82 Å². The van der Waals surface area contributed by atoms with Gasteiger partial charge in [0.25, 0.3) is 5.91 Å². The van der Waals surface area contributed by atoms with E-state index in [1.54, 1.807) is 16.8 Å². The number of aryl methyl sites for hydroxylation is 4. The van der Waals surface area contributed by atoms with Crippen LogP contribution >= 0.6 is 0 Å². The fraction of sp³-hybridized carbons (Fsp3) is 0.160. The Morgan fingerprint density at radius 3 is 2.29 bits per heavy atom. The molecule has 0 saturated carbocycles. The first-order chi connectivity index (χ1) is 14.8. The minimum atomic E-state index is -0.405. The van der Waals surface area contributed by atoms with Crippen molar-refractivity contribution in [2.75, 3.05) is 5.32 Å². The molecule has 3 aromatic carbocycles. The first-order valence-electron chi connectivity index (χ1n) is 10.0. The molecule has 4 aromatic rings. The summed E-state index contributed by atoms with van der Waals surface area (Å²) in [6.07, 6.45) is 0. The van der Waals surface area contributed by atoms with Crippen molar-refractivity contribution in [2.45, 2.75) is 27.7 Å². The Labute approximate surface area is 180 Å². The maximum Gasteiger partial charge on any atom is 0.295 e.